The first-order valence-corrected chi connectivity index (χ1v) is 10.2. The second-order valence-corrected chi connectivity index (χ2v) is 8.37. The van der Waals surface area contributed by atoms with Crippen molar-refractivity contribution in [3.63, 3.8) is 0 Å². The molecule has 0 aliphatic rings. The minimum atomic E-state index is -3.78. The zero-order valence-electron chi connectivity index (χ0n) is 15.9. The molecule has 0 unspecified atom stereocenters. The quantitative estimate of drug-likeness (QED) is 0.688. The molecule has 1 amide bonds. The first-order valence-electron chi connectivity index (χ1n) is 8.69. The maximum absolute atomic E-state index is 12.5. The lowest BCUT2D eigenvalue weighted by molar-refractivity contribution is 0.0945. The van der Waals surface area contributed by atoms with Crippen LogP contribution in [-0.2, 0) is 16.6 Å². The summed E-state index contributed by atoms with van der Waals surface area (Å²) in [5, 5.41) is 12.3. The van der Waals surface area contributed by atoms with Crippen LogP contribution in [0.4, 0.5) is 0 Å². The molecule has 0 aliphatic heterocycles. The van der Waals surface area contributed by atoms with Gasteiger partial charge in [-0.1, -0.05) is 18.2 Å². The van der Waals surface area contributed by atoms with E-state index in [1.54, 1.807) is 22.9 Å². The van der Waals surface area contributed by atoms with Crippen LogP contribution in [0.25, 0.3) is 5.69 Å². The van der Waals surface area contributed by atoms with Gasteiger partial charge in [-0.15, -0.1) is 0 Å². The van der Waals surface area contributed by atoms with Crippen LogP contribution >= 0.6 is 0 Å². The Bertz CT molecular complexity index is 1130. The summed E-state index contributed by atoms with van der Waals surface area (Å²) in [6.45, 7) is 6.08. The van der Waals surface area contributed by atoms with Gasteiger partial charge in [0.1, 0.15) is 0 Å². The van der Waals surface area contributed by atoms with E-state index in [9.17, 15) is 13.2 Å². The summed E-state index contributed by atoms with van der Waals surface area (Å²) in [5.41, 5.74) is 4.89. The number of nitrogens with one attached hydrogen (secondary N) is 1. The lowest BCUT2D eigenvalue weighted by atomic mass is 10.1. The van der Waals surface area contributed by atoms with Gasteiger partial charge in [0.15, 0.2) is 5.69 Å². The third-order valence-corrected chi connectivity index (χ3v) is 5.16. The average molecular weight is 398 g/mol. The Kier molecular flexibility index (Phi) is 5.35. The standard InChI is InChI=1S/C20H22N4O3S/c1-13-7-14(2)9-17(8-13)24-15(3)10-19(23-24)20(25)22-12-16-5-4-6-18(11-16)28(21,26)27/h4-11H,12H2,1-3H3,(H,22,25)(H2,21,26,27). The van der Waals surface area contributed by atoms with E-state index in [4.69, 9.17) is 5.14 Å². The molecule has 3 N–H and O–H groups in total. The minimum Gasteiger partial charge on any atom is -0.347 e. The maximum Gasteiger partial charge on any atom is 0.272 e. The van der Waals surface area contributed by atoms with Crippen molar-refractivity contribution in [1.82, 2.24) is 15.1 Å². The molecule has 1 aromatic heterocycles. The molecule has 1 heterocycles. The zero-order chi connectivity index (χ0) is 20.5. The second-order valence-electron chi connectivity index (χ2n) is 6.80. The Morgan fingerprint density at radius 1 is 1.07 bits per heavy atom. The number of hydrogen-bond donors (Lipinski definition) is 2. The number of hydrogen-bond acceptors (Lipinski definition) is 4. The largest absolute Gasteiger partial charge is 0.347 e. The number of carbonyl (C=O) groups is 1. The zero-order valence-corrected chi connectivity index (χ0v) is 16.7. The highest BCUT2D eigenvalue weighted by atomic mass is 32.2. The van der Waals surface area contributed by atoms with Crippen LogP contribution in [0.15, 0.2) is 53.4 Å². The molecule has 28 heavy (non-hydrogen) atoms. The lowest BCUT2D eigenvalue weighted by Crippen LogP contribution is -2.23. The molecule has 8 heteroatoms. The molecule has 0 radical (unpaired) electrons. The highest BCUT2D eigenvalue weighted by Gasteiger charge is 2.14. The molecule has 2 aromatic carbocycles. The van der Waals surface area contributed by atoms with Gasteiger partial charge in [0, 0.05) is 12.2 Å². The van der Waals surface area contributed by atoms with E-state index < -0.39 is 10.0 Å². The van der Waals surface area contributed by atoms with Crippen LogP contribution in [0.2, 0.25) is 0 Å². The third kappa shape index (κ3) is 4.47. The molecule has 0 saturated carbocycles. The summed E-state index contributed by atoms with van der Waals surface area (Å²) in [7, 11) is -3.78. The van der Waals surface area contributed by atoms with Crippen molar-refractivity contribution in [3.8, 4) is 5.69 Å². The molecule has 0 fully saturated rings. The molecule has 0 atom stereocenters. The maximum atomic E-state index is 12.5. The normalized spacial score (nSPS) is 11.4. The van der Waals surface area contributed by atoms with Crippen molar-refractivity contribution in [3.05, 3.63) is 76.6 Å². The molecular formula is C20H22N4O3S. The van der Waals surface area contributed by atoms with Gasteiger partial charge in [0.05, 0.1) is 10.6 Å². The smallest absolute Gasteiger partial charge is 0.272 e. The van der Waals surface area contributed by atoms with E-state index in [0.29, 0.717) is 11.3 Å². The van der Waals surface area contributed by atoms with E-state index in [1.807, 2.05) is 32.9 Å². The Labute approximate surface area is 164 Å². The molecule has 7 nitrogen and oxygen atoms in total. The van der Waals surface area contributed by atoms with Gasteiger partial charge < -0.3 is 5.32 Å². The van der Waals surface area contributed by atoms with E-state index in [2.05, 4.69) is 16.5 Å². The summed E-state index contributed by atoms with van der Waals surface area (Å²) in [4.78, 5) is 12.5. The Morgan fingerprint density at radius 3 is 2.39 bits per heavy atom. The first-order chi connectivity index (χ1) is 13.1. The summed E-state index contributed by atoms with van der Waals surface area (Å²) in [6.07, 6.45) is 0. The minimum absolute atomic E-state index is 0.00851. The first kappa shape index (κ1) is 19.8. The Hall–Kier alpha value is -2.97. The van der Waals surface area contributed by atoms with Crippen molar-refractivity contribution in [2.45, 2.75) is 32.2 Å². The number of aromatic nitrogens is 2. The molecule has 3 rings (SSSR count). The van der Waals surface area contributed by atoms with Crippen LogP contribution in [-0.4, -0.2) is 24.1 Å². The fourth-order valence-corrected chi connectivity index (χ4v) is 3.61. The monoisotopic (exact) mass is 398 g/mol. The molecule has 0 bridgehead atoms. The van der Waals surface area contributed by atoms with E-state index in [0.717, 1.165) is 22.5 Å². The van der Waals surface area contributed by atoms with Crippen molar-refractivity contribution in [2.75, 3.05) is 0 Å². The number of nitrogens with zero attached hydrogens (tertiary/aromatic N) is 2. The number of rotatable bonds is 5. The number of amides is 1. The van der Waals surface area contributed by atoms with Gasteiger partial charge in [-0.05, 0) is 67.8 Å². The highest BCUT2D eigenvalue weighted by molar-refractivity contribution is 7.89. The van der Waals surface area contributed by atoms with Crippen LogP contribution < -0.4 is 10.5 Å². The second kappa shape index (κ2) is 7.57. The van der Waals surface area contributed by atoms with Crippen LogP contribution in [0.3, 0.4) is 0 Å². The predicted molar refractivity (Wildman–Crippen MR) is 107 cm³/mol. The SMILES string of the molecule is Cc1cc(C)cc(-n2nc(C(=O)NCc3cccc(S(N)(=O)=O)c3)cc2C)c1. The third-order valence-electron chi connectivity index (χ3n) is 4.25. The Morgan fingerprint density at radius 2 is 1.75 bits per heavy atom. The molecule has 146 valence electrons. The van der Waals surface area contributed by atoms with E-state index in [-0.39, 0.29) is 17.3 Å². The molecule has 3 aromatic rings. The predicted octanol–water partition coefficient (Wildman–Crippen LogP) is 2.37. The van der Waals surface area contributed by atoms with Gasteiger partial charge in [0.2, 0.25) is 10.0 Å². The molecular weight excluding hydrogens is 376 g/mol. The number of aryl methyl sites for hydroxylation is 3. The van der Waals surface area contributed by atoms with Crippen LogP contribution in [0.1, 0.15) is 32.9 Å². The number of sulfonamides is 1. The highest BCUT2D eigenvalue weighted by Crippen LogP contribution is 2.16. The van der Waals surface area contributed by atoms with Gasteiger partial charge in [-0.25, -0.2) is 18.2 Å². The number of benzene rings is 2. The van der Waals surface area contributed by atoms with Crippen molar-refractivity contribution in [2.24, 2.45) is 5.14 Å². The van der Waals surface area contributed by atoms with E-state index >= 15 is 0 Å². The number of primary sulfonamides is 1. The van der Waals surface area contributed by atoms with Gasteiger partial charge >= 0.3 is 0 Å². The Balaban J connectivity index is 1.77. The van der Waals surface area contributed by atoms with Crippen molar-refractivity contribution >= 4 is 15.9 Å². The van der Waals surface area contributed by atoms with Gasteiger partial charge in [-0.2, -0.15) is 5.10 Å². The summed E-state index contributed by atoms with van der Waals surface area (Å²) in [5.74, 6) is -0.341. The molecule has 0 spiro atoms. The lowest BCUT2D eigenvalue weighted by Gasteiger charge is -2.07. The topological polar surface area (TPSA) is 107 Å². The summed E-state index contributed by atoms with van der Waals surface area (Å²) >= 11 is 0. The fourth-order valence-electron chi connectivity index (χ4n) is 3.03. The van der Waals surface area contributed by atoms with Crippen LogP contribution in [0.5, 0.6) is 0 Å². The number of nitrogens with two attached hydrogens (primary N) is 1. The fraction of sp³-hybridized carbons (Fsp3) is 0.200. The summed E-state index contributed by atoms with van der Waals surface area (Å²) < 4.78 is 24.6. The van der Waals surface area contributed by atoms with Crippen LogP contribution in [0, 0.1) is 20.8 Å². The summed E-state index contributed by atoms with van der Waals surface area (Å²) in [6, 6.07) is 14.0. The van der Waals surface area contributed by atoms with Crippen molar-refractivity contribution in [1.29, 1.82) is 0 Å². The molecule has 0 saturated heterocycles. The van der Waals surface area contributed by atoms with Gasteiger partial charge in [-0.3, -0.25) is 4.79 Å². The number of carbonyl (C=O) groups excluding carboxylic acids is 1. The average Bonchev–Trinajstić information content (AvgIpc) is 3.00. The van der Waals surface area contributed by atoms with E-state index in [1.165, 1.54) is 12.1 Å². The van der Waals surface area contributed by atoms with Gasteiger partial charge in [0.25, 0.3) is 5.91 Å². The molecule has 0 aliphatic carbocycles. The van der Waals surface area contributed by atoms with Crippen molar-refractivity contribution < 1.29 is 13.2 Å².